The van der Waals surface area contributed by atoms with Crippen LogP contribution in [0.1, 0.15) is 16.1 Å². The van der Waals surface area contributed by atoms with Crippen LogP contribution in [0, 0.1) is 0 Å². The van der Waals surface area contributed by atoms with Gasteiger partial charge in [0.2, 0.25) is 5.56 Å². The normalized spacial score (nSPS) is 11.2. The molecule has 0 aliphatic heterocycles. The van der Waals surface area contributed by atoms with E-state index in [0.717, 1.165) is 22.0 Å². The summed E-state index contributed by atoms with van der Waals surface area (Å²) < 4.78 is 0. The molecule has 0 atom stereocenters. The Morgan fingerprint density at radius 3 is 2.58 bits per heavy atom. The highest BCUT2D eigenvalue weighted by atomic mass is 35.5. The topological polar surface area (TPSA) is 77.8 Å². The number of hydrogen-bond acceptors (Lipinski definition) is 2. The zero-order chi connectivity index (χ0) is 18.3. The number of pyridine rings is 1. The molecule has 0 spiro atoms. The number of benzene rings is 2. The van der Waals surface area contributed by atoms with Crippen molar-refractivity contribution in [1.82, 2.24) is 15.3 Å². The fourth-order valence-corrected chi connectivity index (χ4v) is 3.34. The largest absolute Gasteiger partial charge is 0.350 e. The number of hydrogen-bond donors (Lipinski definition) is 3. The molecule has 26 heavy (non-hydrogen) atoms. The predicted molar refractivity (Wildman–Crippen MR) is 104 cm³/mol. The van der Waals surface area contributed by atoms with Crippen LogP contribution < -0.4 is 10.9 Å². The van der Waals surface area contributed by atoms with Crippen molar-refractivity contribution in [3.63, 3.8) is 0 Å². The molecule has 1 amide bonds. The highest BCUT2D eigenvalue weighted by Crippen LogP contribution is 2.31. The lowest BCUT2D eigenvalue weighted by atomic mass is 10.1. The molecule has 0 unspecified atom stereocenters. The predicted octanol–water partition coefficient (Wildman–Crippen LogP) is 4.25. The van der Waals surface area contributed by atoms with Crippen LogP contribution in [0.15, 0.2) is 53.3 Å². The number of para-hydroxylation sites is 1. The lowest BCUT2D eigenvalue weighted by Gasteiger charge is -2.07. The van der Waals surface area contributed by atoms with Gasteiger partial charge in [0.25, 0.3) is 5.91 Å². The number of rotatable bonds is 3. The minimum absolute atomic E-state index is 0.208. The first-order valence-corrected chi connectivity index (χ1v) is 8.64. The molecule has 0 fully saturated rings. The maximum atomic E-state index is 12.5. The molecule has 0 radical (unpaired) electrons. The van der Waals surface area contributed by atoms with Crippen LogP contribution in [0.2, 0.25) is 10.0 Å². The third kappa shape index (κ3) is 2.96. The fourth-order valence-electron chi connectivity index (χ4n) is 2.96. The summed E-state index contributed by atoms with van der Waals surface area (Å²) in [6.07, 6.45) is 0. The Kier molecular flexibility index (Phi) is 4.18. The van der Waals surface area contributed by atoms with Crippen molar-refractivity contribution >= 4 is 50.9 Å². The van der Waals surface area contributed by atoms with Crippen molar-refractivity contribution in [2.45, 2.75) is 6.54 Å². The molecule has 7 heteroatoms. The third-order valence-corrected chi connectivity index (χ3v) is 5.03. The van der Waals surface area contributed by atoms with Crippen molar-refractivity contribution in [1.29, 1.82) is 0 Å². The molecule has 0 saturated heterocycles. The number of carbonyl (C=O) groups excluding carboxylic acids is 1. The van der Waals surface area contributed by atoms with E-state index in [2.05, 4.69) is 15.3 Å². The van der Waals surface area contributed by atoms with Gasteiger partial charge >= 0.3 is 0 Å². The van der Waals surface area contributed by atoms with Gasteiger partial charge in [-0.1, -0.05) is 41.4 Å². The van der Waals surface area contributed by atoms with E-state index < -0.39 is 0 Å². The highest BCUT2D eigenvalue weighted by molar-refractivity contribution is 6.45. The van der Waals surface area contributed by atoms with E-state index in [9.17, 15) is 9.59 Å². The van der Waals surface area contributed by atoms with E-state index in [1.807, 2.05) is 24.3 Å². The van der Waals surface area contributed by atoms with E-state index in [-0.39, 0.29) is 18.0 Å². The summed E-state index contributed by atoms with van der Waals surface area (Å²) in [5.74, 6) is -0.294. The molecule has 4 aromatic rings. The lowest BCUT2D eigenvalue weighted by molar-refractivity contribution is 0.0947. The highest BCUT2D eigenvalue weighted by Gasteiger charge is 2.13. The second kappa shape index (κ2) is 6.52. The Balaban J connectivity index is 1.62. The Bertz CT molecular complexity index is 1210. The zero-order valence-electron chi connectivity index (χ0n) is 13.4. The van der Waals surface area contributed by atoms with Crippen LogP contribution in [0.3, 0.4) is 0 Å². The first-order valence-electron chi connectivity index (χ1n) is 7.89. The first kappa shape index (κ1) is 16.7. The smallest absolute Gasteiger partial charge is 0.267 e. The molecular formula is C19H13Cl2N3O2. The van der Waals surface area contributed by atoms with Gasteiger partial charge in [-0.05, 0) is 29.8 Å². The Hall–Kier alpha value is -2.76. The van der Waals surface area contributed by atoms with Crippen LogP contribution in [-0.4, -0.2) is 15.9 Å². The van der Waals surface area contributed by atoms with Crippen LogP contribution in [0.4, 0.5) is 0 Å². The molecule has 4 rings (SSSR count). The van der Waals surface area contributed by atoms with Gasteiger partial charge in [-0.2, -0.15) is 0 Å². The second-order valence-electron chi connectivity index (χ2n) is 5.89. The summed E-state index contributed by atoms with van der Waals surface area (Å²) in [6, 6.07) is 14.1. The molecule has 0 saturated carbocycles. The van der Waals surface area contributed by atoms with Crippen LogP contribution in [0.5, 0.6) is 0 Å². The van der Waals surface area contributed by atoms with Crippen molar-refractivity contribution in [3.8, 4) is 0 Å². The monoisotopic (exact) mass is 385 g/mol. The molecule has 0 bridgehead atoms. The van der Waals surface area contributed by atoms with Crippen LogP contribution >= 0.6 is 23.2 Å². The lowest BCUT2D eigenvalue weighted by Crippen LogP contribution is -2.24. The summed E-state index contributed by atoms with van der Waals surface area (Å²) in [6.45, 7) is 0.229. The number of halogens is 2. The number of carbonyl (C=O) groups is 1. The molecule has 2 aromatic heterocycles. The van der Waals surface area contributed by atoms with Gasteiger partial charge in [-0.3, -0.25) is 9.59 Å². The molecule has 3 N–H and O–H groups in total. The van der Waals surface area contributed by atoms with Gasteiger partial charge in [0, 0.05) is 34.4 Å². The van der Waals surface area contributed by atoms with Crippen LogP contribution in [0.25, 0.3) is 21.8 Å². The average molecular weight is 386 g/mol. The van der Waals surface area contributed by atoms with Gasteiger partial charge in [-0.25, -0.2) is 0 Å². The first-order chi connectivity index (χ1) is 12.5. The summed E-state index contributed by atoms with van der Waals surface area (Å²) in [4.78, 5) is 30.1. The SMILES string of the molecule is O=C(NCc1cc(=O)[nH]c2ccccc12)c1cc2c(Cl)c(Cl)ccc2[nH]1. The quantitative estimate of drug-likeness (QED) is 0.492. The summed E-state index contributed by atoms with van der Waals surface area (Å²) in [5, 5.41) is 5.24. The summed E-state index contributed by atoms with van der Waals surface area (Å²) in [5.41, 5.74) is 2.37. The molecular weight excluding hydrogens is 373 g/mol. The van der Waals surface area contributed by atoms with E-state index in [1.165, 1.54) is 6.07 Å². The van der Waals surface area contributed by atoms with E-state index >= 15 is 0 Å². The number of aromatic amines is 2. The minimum Gasteiger partial charge on any atom is -0.350 e. The van der Waals surface area contributed by atoms with Crippen LogP contribution in [-0.2, 0) is 6.54 Å². The fraction of sp³-hybridized carbons (Fsp3) is 0.0526. The number of fused-ring (bicyclic) bond motifs is 2. The maximum Gasteiger partial charge on any atom is 0.267 e. The van der Waals surface area contributed by atoms with Gasteiger partial charge in [0.05, 0.1) is 10.0 Å². The van der Waals surface area contributed by atoms with Gasteiger partial charge in [0.15, 0.2) is 0 Å². The molecule has 130 valence electrons. The summed E-state index contributed by atoms with van der Waals surface area (Å²) in [7, 11) is 0. The van der Waals surface area contributed by atoms with Gasteiger partial charge < -0.3 is 15.3 Å². The number of nitrogens with one attached hydrogen (secondary N) is 3. The van der Waals surface area contributed by atoms with Crippen molar-refractivity contribution in [3.05, 3.63) is 80.2 Å². The van der Waals surface area contributed by atoms with E-state index in [1.54, 1.807) is 18.2 Å². The second-order valence-corrected chi connectivity index (χ2v) is 6.68. The average Bonchev–Trinajstić information content (AvgIpc) is 3.07. The molecule has 0 aliphatic carbocycles. The van der Waals surface area contributed by atoms with Gasteiger partial charge in [-0.15, -0.1) is 0 Å². The molecule has 5 nitrogen and oxygen atoms in total. The van der Waals surface area contributed by atoms with Gasteiger partial charge in [0.1, 0.15) is 5.69 Å². The summed E-state index contributed by atoms with van der Waals surface area (Å²) >= 11 is 12.2. The molecule has 2 aromatic carbocycles. The molecule has 2 heterocycles. The Morgan fingerprint density at radius 1 is 0.962 bits per heavy atom. The molecule has 0 aliphatic rings. The maximum absolute atomic E-state index is 12.5. The van der Waals surface area contributed by atoms with Crippen molar-refractivity contribution in [2.24, 2.45) is 0 Å². The van der Waals surface area contributed by atoms with Crippen molar-refractivity contribution < 1.29 is 4.79 Å². The standard InChI is InChI=1S/C19H13Cl2N3O2/c20-13-5-6-15-12(18(13)21)8-16(23-15)19(26)22-9-10-7-17(25)24-14-4-2-1-3-11(10)14/h1-8,23H,9H2,(H,22,26)(H,24,25). The third-order valence-electron chi connectivity index (χ3n) is 4.21. The number of amides is 1. The minimum atomic E-state index is -0.294. The zero-order valence-corrected chi connectivity index (χ0v) is 14.9. The number of H-pyrrole nitrogens is 2. The van der Waals surface area contributed by atoms with E-state index in [4.69, 9.17) is 23.2 Å². The van der Waals surface area contributed by atoms with E-state index in [0.29, 0.717) is 21.1 Å². The van der Waals surface area contributed by atoms with Crippen molar-refractivity contribution in [2.75, 3.05) is 0 Å². The Morgan fingerprint density at radius 2 is 1.73 bits per heavy atom. The number of aromatic nitrogens is 2. The Labute approximate surface area is 157 Å².